The lowest BCUT2D eigenvalue weighted by molar-refractivity contribution is 0.00860. The third kappa shape index (κ3) is 2.72. The molecule has 0 aromatic heterocycles. The summed E-state index contributed by atoms with van der Waals surface area (Å²) in [6, 6.07) is 9.44. The van der Waals surface area contributed by atoms with Gasteiger partial charge < -0.3 is 19.7 Å². The molecule has 0 radical (unpaired) electrons. The van der Waals surface area contributed by atoms with E-state index in [4.69, 9.17) is 9.47 Å². The molecule has 1 aliphatic rings. The van der Waals surface area contributed by atoms with Crippen LogP contribution in [0.25, 0.3) is 0 Å². The Kier molecular flexibility index (Phi) is 4.36. The zero-order valence-corrected chi connectivity index (χ0v) is 10.3. The lowest BCUT2D eigenvalue weighted by Gasteiger charge is -2.14. The summed E-state index contributed by atoms with van der Waals surface area (Å²) in [5, 5.41) is 19.9. The molecule has 2 rings (SSSR count). The van der Waals surface area contributed by atoms with E-state index in [1.807, 2.05) is 30.3 Å². The van der Waals surface area contributed by atoms with Crippen LogP contribution in [0.15, 0.2) is 42.7 Å². The molecule has 1 saturated heterocycles. The van der Waals surface area contributed by atoms with Crippen molar-refractivity contribution in [3.05, 3.63) is 48.2 Å². The van der Waals surface area contributed by atoms with Gasteiger partial charge in [0, 0.05) is 0 Å². The van der Waals surface area contributed by atoms with Gasteiger partial charge in [-0.3, -0.25) is 0 Å². The second-order valence-corrected chi connectivity index (χ2v) is 4.33. The number of hydrogen-bond acceptors (Lipinski definition) is 4. The molecule has 0 saturated carbocycles. The van der Waals surface area contributed by atoms with Gasteiger partial charge in [0.15, 0.2) is 0 Å². The van der Waals surface area contributed by atoms with Gasteiger partial charge in [0.2, 0.25) is 0 Å². The van der Waals surface area contributed by atoms with E-state index < -0.39 is 24.4 Å². The molecule has 4 heteroatoms. The molecule has 1 aromatic rings. The van der Waals surface area contributed by atoms with Gasteiger partial charge in [-0.25, -0.2) is 0 Å². The predicted octanol–water partition coefficient (Wildman–Crippen LogP) is 1.40. The van der Waals surface area contributed by atoms with E-state index in [9.17, 15) is 10.2 Å². The van der Waals surface area contributed by atoms with Gasteiger partial charge in [0.1, 0.15) is 18.3 Å². The average molecular weight is 250 g/mol. The highest BCUT2D eigenvalue weighted by Gasteiger charge is 2.42. The van der Waals surface area contributed by atoms with Crippen molar-refractivity contribution in [2.45, 2.75) is 30.8 Å². The zero-order valence-electron chi connectivity index (χ0n) is 10.3. The van der Waals surface area contributed by atoms with Crippen molar-refractivity contribution >= 4 is 0 Å². The molecular weight excluding hydrogens is 232 g/mol. The molecule has 2 N–H and O–H groups in total. The Morgan fingerprint density at radius 3 is 2.61 bits per heavy atom. The summed E-state index contributed by atoms with van der Waals surface area (Å²) in [6.45, 7) is 0. The summed E-state index contributed by atoms with van der Waals surface area (Å²) in [7, 11) is 1.56. The van der Waals surface area contributed by atoms with Crippen LogP contribution in [0, 0.1) is 0 Å². The van der Waals surface area contributed by atoms with Gasteiger partial charge in [0.05, 0.1) is 19.5 Å². The van der Waals surface area contributed by atoms with Crippen LogP contribution in [0.2, 0.25) is 0 Å². The third-order valence-electron chi connectivity index (χ3n) is 3.09. The number of methoxy groups -OCH3 is 1. The van der Waals surface area contributed by atoms with E-state index in [2.05, 4.69) is 0 Å². The van der Waals surface area contributed by atoms with Crippen molar-refractivity contribution in [3.8, 4) is 0 Å². The van der Waals surface area contributed by atoms with E-state index in [1.54, 1.807) is 13.2 Å². The van der Waals surface area contributed by atoms with Crippen molar-refractivity contribution in [2.75, 3.05) is 7.11 Å². The Bertz CT molecular complexity index is 390. The first-order valence-electron chi connectivity index (χ1n) is 5.98. The first-order chi connectivity index (χ1) is 8.74. The van der Waals surface area contributed by atoms with E-state index in [1.165, 1.54) is 6.26 Å². The molecule has 0 bridgehead atoms. The van der Waals surface area contributed by atoms with Crippen molar-refractivity contribution in [1.29, 1.82) is 0 Å². The summed E-state index contributed by atoms with van der Waals surface area (Å²) < 4.78 is 10.5. The summed E-state index contributed by atoms with van der Waals surface area (Å²) in [5.74, 6) is 0. The molecule has 0 spiro atoms. The quantitative estimate of drug-likeness (QED) is 0.793. The Hall–Kier alpha value is -1.36. The summed E-state index contributed by atoms with van der Waals surface area (Å²) >= 11 is 0. The molecule has 98 valence electrons. The fraction of sp³-hybridized carbons (Fsp3) is 0.429. The van der Waals surface area contributed by atoms with Gasteiger partial charge in [-0.15, -0.1) is 0 Å². The minimum atomic E-state index is -0.895. The minimum Gasteiger partial charge on any atom is -0.505 e. The van der Waals surface area contributed by atoms with E-state index in [-0.39, 0.29) is 0 Å². The lowest BCUT2D eigenvalue weighted by Crippen LogP contribution is -2.30. The van der Waals surface area contributed by atoms with Gasteiger partial charge in [-0.05, 0) is 18.1 Å². The highest BCUT2D eigenvalue weighted by molar-refractivity contribution is 5.20. The summed E-state index contributed by atoms with van der Waals surface area (Å²) in [4.78, 5) is 0. The Morgan fingerprint density at radius 2 is 1.94 bits per heavy atom. The molecule has 4 nitrogen and oxygen atoms in total. The fourth-order valence-electron chi connectivity index (χ4n) is 2.15. The van der Waals surface area contributed by atoms with Crippen LogP contribution in [-0.2, 0) is 9.47 Å². The van der Waals surface area contributed by atoms with E-state index in [0.29, 0.717) is 6.42 Å². The maximum Gasteiger partial charge on any atom is 0.113 e. The van der Waals surface area contributed by atoms with E-state index in [0.717, 1.165) is 5.56 Å². The molecule has 4 atom stereocenters. The van der Waals surface area contributed by atoms with Crippen LogP contribution in [-0.4, -0.2) is 35.6 Å². The maximum absolute atomic E-state index is 10.0. The fourth-order valence-corrected chi connectivity index (χ4v) is 2.15. The molecule has 1 aromatic carbocycles. The van der Waals surface area contributed by atoms with Crippen LogP contribution in [0.4, 0.5) is 0 Å². The summed E-state index contributed by atoms with van der Waals surface area (Å²) in [6.07, 6.45) is 1.17. The number of aliphatic hydroxyl groups excluding tert-OH is 2. The van der Waals surface area contributed by atoms with Gasteiger partial charge in [0.25, 0.3) is 0 Å². The van der Waals surface area contributed by atoms with Gasteiger partial charge in [-0.2, -0.15) is 0 Å². The lowest BCUT2D eigenvalue weighted by atomic mass is 10.0. The molecule has 1 heterocycles. The molecule has 1 aliphatic heterocycles. The first-order valence-corrected chi connectivity index (χ1v) is 5.98. The van der Waals surface area contributed by atoms with Crippen LogP contribution < -0.4 is 0 Å². The van der Waals surface area contributed by atoms with Crippen LogP contribution in [0.5, 0.6) is 0 Å². The molecule has 1 fully saturated rings. The van der Waals surface area contributed by atoms with Gasteiger partial charge in [-0.1, -0.05) is 30.3 Å². The monoisotopic (exact) mass is 250 g/mol. The van der Waals surface area contributed by atoms with Crippen LogP contribution in [0.1, 0.15) is 18.1 Å². The predicted molar refractivity (Wildman–Crippen MR) is 66.8 cm³/mol. The molecule has 0 unspecified atom stereocenters. The average Bonchev–Trinajstić information content (AvgIpc) is 2.68. The smallest absolute Gasteiger partial charge is 0.113 e. The Balaban J connectivity index is 2.05. The van der Waals surface area contributed by atoms with Crippen LogP contribution >= 0.6 is 0 Å². The number of benzene rings is 1. The normalized spacial score (nSPS) is 31.9. The van der Waals surface area contributed by atoms with Crippen LogP contribution in [0.3, 0.4) is 0 Å². The van der Waals surface area contributed by atoms with Crippen molar-refractivity contribution in [3.63, 3.8) is 0 Å². The standard InChI is InChI=1S/C14H18O4/c1-17-9-5-8-11-12(15)13(16)14(18-11)10-6-3-2-4-7-10/h2-7,9,11-16H,8H2,1H3/b9-5-/t11-,12+,13-,14+/m0/s1. The number of aliphatic hydroxyl groups is 2. The van der Waals surface area contributed by atoms with Crippen molar-refractivity contribution < 1.29 is 19.7 Å². The second-order valence-electron chi connectivity index (χ2n) is 4.33. The topological polar surface area (TPSA) is 58.9 Å². The largest absolute Gasteiger partial charge is 0.505 e. The second kappa shape index (κ2) is 6.00. The first kappa shape index (κ1) is 13.1. The minimum absolute atomic E-state index is 0.406. The van der Waals surface area contributed by atoms with Gasteiger partial charge >= 0.3 is 0 Å². The molecule has 0 aliphatic carbocycles. The SMILES string of the molecule is CO/C=C\C[C@@H]1O[C@H](c2ccccc2)[C@@H](O)[C@@H]1O. The number of hydrogen-bond donors (Lipinski definition) is 2. The Morgan fingerprint density at radius 1 is 1.22 bits per heavy atom. The van der Waals surface area contributed by atoms with E-state index >= 15 is 0 Å². The van der Waals surface area contributed by atoms with Crippen molar-refractivity contribution in [2.24, 2.45) is 0 Å². The van der Waals surface area contributed by atoms with Crippen molar-refractivity contribution in [1.82, 2.24) is 0 Å². The Labute approximate surface area is 106 Å². The number of ether oxygens (including phenoxy) is 2. The molecular formula is C14H18O4. The third-order valence-corrected chi connectivity index (χ3v) is 3.09. The maximum atomic E-state index is 10.0. The zero-order chi connectivity index (χ0) is 13.0. The molecule has 0 amide bonds. The highest BCUT2D eigenvalue weighted by atomic mass is 16.5. The number of rotatable bonds is 4. The summed E-state index contributed by atoms with van der Waals surface area (Å²) in [5.41, 5.74) is 0.877. The molecule has 18 heavy (non-hydrogen) atoms. The highest BCUT2D eigenvalue weighted by Crippen LogP contribution is 2.34.